The van der Waals surface area contributed by atoms with Crippen LogP contribution in [0.2, 0.25) is 0 Å². The molecule has 2 aliphatic heterocycles. The Balaban J connectivity index is 1.58. The van der Waals surface area contributed by atoms with E-state index in [9.17, 15) is 13.2 Å². The fourth-order valence-corrected chi connectivity index (χ4v) is 4.53. The first-order chi connectivity index (χ1) is 11.4. The molecule has 4 rings (SSSR count). The van der Waals surface area contributed by atoms with Crippen molar-refractivity contribution in [2.75, 3.05) is 25.9 Å². The normalized spacial score (nSPS) is 26.6. The molecule has 2 bridgehead atoms. The van der Waals surface area contributed by atoms with Gasteiger partial charge in [-0.05, 0) is 31.4 Å². The number of hydrogen-bond donors (Lipinski definition) is 1. The molecule has 2 saturated heterocycles. The van der Waals surface area contributed by atoms with Crippen LogP contribution < -0.4 is 5.32 Å². The van der Waals surface area contributed by atoms with Crippen molar-refractivity contribution in [2.45, 2.75) is 23.8 Å². The lowest BCUT2D eigenvalue weighted by atomic mass is 9.97. The Labute approximate surface area is 139 Å². The molecule has 1 unspecified atom stereocenters. The number of rotatable bonds is 3. The lowest BCUT2D eigenvalue weighted by molar-refractivity contribution is 0.0904. The highest BCUT2D eigenvalue weighted by Crippen LogP contribution is 2.27. The van der Waals surface area contributed by atoms with Crippen molar-refractivity contribution in [3.63, 3.8) is 0 Å². The second kappa shape index (κ2) is 5.56. The molecule has 2 aliphatic rings. The van der Waals surface area contributed by atoms with Gasteiger partial charge in [0.2, 0.25) is 0 Å². The highest BCUT2D eigenvalue weighted by atomic mass is 32.2. The lowest BCUT2D eigenvalue weighted by Gasteiger charge is -2.30. The molecular formula is C16H19N3O4S. The fraction of sp³-hybridized carbons (Fsp3) is 0.500. The van der Waals surface area contributed by atoms with Crippen LogP contribution in [-0.4, -0.2) is 56.1 Å². The van der Waals surface area contributed by atoms with Crippen molar-refractivity contribution >= 4 is 26.7 Å². The number of fused-ring (bicyclic) bond motifs is 3. The predicted molar refractivity (Wildman–Crippen MR) is 87.5 cm³/mol. The maximum atomic E-state index is 12.5. The van der Waals surface area contributed by atoms with Crippen LogP contribution in [0.5, 0.6) is 0 Å². The molecule has 0 radical (unpaired) electrons. The summed E-state index contributed by atoms with van der Waals surface area (Å²) in [7, 11) is -3.42. The summed E-state index contributed by atoms with van der Waals surface area (Å²) < 4.78 is 28.8. The third-order valence-corrected chi connectivity index (χ3v) is 5.97. The number of hydrogen-bond acceptors (Lipinski definition) is 6. The minimum absolute atomic E-state index is 0.0794. The van der Waals surface area contributed by atoms with Gasteiger partial charge in [0, 0.05) is 30.8 Å². The molecule has 2 aromatic rings. The SMILES string of the molecule is CS(=O)(=O)c1coc2cnc(C(=O)N[C@@H]3C[C@H]4CCN(C4)C3)cc12. The second-order valence-electron chi connectivity index (χ2n) is 6.76. The molecule has 0 aliphatic carbocycles. The summed E-state index contributed by atoms with van der Waals surface area (Å²) in [5.41, 5.74) is 0.565. The molecule has 1 amide bonds. The van der Waals surface area contributed by atoms with E-state index in [0.717, 1.165) is 32.3 Å². The van der Waals surface area contributed by atoms with Gasteiger partial charge in [0.15, 0.2) is 15.4 Å². The summed E-state index contributed by atoms with van der Waals surface area (Å²) in [6.45, 7) is 3.10. The fourth-order valence-electron chi connectivity index (χ4n) is 3.74. The van der Waals surface area contributed by atoms with Crippen LogP contribution in [-0.2, 0) is 9.84 Å². The molecule has 0 spiro atoms. The minimum atomic E-state index is -3.42. The van der Waals surface area contributed by atoms with Gasteiger partial charge in [-0.15, -0.1) is 0 Å². The zero-order chi connectivity index (χ0) is 16.9. The number of amides is 1. The first kappa shape index (κ1) is 15.6. The van der Waals surface area contributed by atoms with Crippen molar-refractivity contribution in [1.29, 1.82) is 0 Å². The number of piperidine rings is 1. The number of aromatic nitrogens is 1. The number of nitrogens with one attached hydrogen (secondary N) is 1. The standard InChI is InChI=1S/C16H19N3O4S/c1-24(21,22)15-9-23-14-6-17-13(5-12(14)15)16(20)18-11-4-10-2-3-19(7-10)8-11/h5-6,9-11H,2-4,7-8H2,1H3,(H,18,20)/t10-,11-/m1/s1. The quantitative estimate of drug-likeness (QED) is 0.891. The van der Waals surface area contributed by atoms with E-state index in [2.05, 4.69) is 15.2 Å². The van der Waals surface area contributed by atoms with E-state index >= 15 is 0 Å². The molecule has 7 nitrogen and oxygen atoms in total. The van der Waals surface area contributed by atoms with Crippen LogP contribution >= 0.6 is 0 Å². The van der Waals surface area contributed by atoms with Gasteiger partial charge in [-0.1, -0.05) is 0 Å². The molecule has 2 fully saturated rings. The van der Waals surface area contributed by atoms with Gasteiger partial charge in [0.25, 0.3) is 5.91 Å². The minimum Gasteiger partial charge on any atom is -0.461 e. The number of carbonyl (C=O) groups excluding carboxylic acids is 1. The smallest absolute Gasteiger partial charge is 0.270 e. The highest BCUT2D eigenvalue weighted by molar-refractivity contribution is 7.91. The van der Waals surface area contributed by atoms with Crippen molar-refractivity contribution in [3.05, 3.63) is 24.2 Å². The summed E-state index contributed by atoms with van der Waals surface area (Å²) in [4.78, 5) is 19.1. The zero-order valence-corrected chi connectivity index (χ0v) is 14.2. The van der Waals surface area contributed by atoms with E-state index in [1.807, 2.05) is 0 Å². The summed E-state index contributed by atoms with van der Waals surface area (Å²) in [6.07, 6.45) is 5.89. The molecule has 1 N–H and O–H groups in total. The Morgan fingerprint density at radius 3 is 3.00 bits per heavy atom. The van der Waals surface area contributed by atoms with Crippen LogP contribution in [0.4, 0.5) is 0 Å². The van der Waals surface area contributed by atoms with Crippen LogP contribution in [0.3, 0.4) is 0 Å². The first-order valence-corrected chi connectivity index (χ1v) is 9.90. The van der Waals surface area contributed by atoms with Gasteiger partial charge in [0.1, 0.15) is 16.9 Å². The molecule has 128 valence electrons. The molecule has 0 saturated carbocycles. The van der Waals surface area contributed by atoms with Crippen molar-refractivity contribution in [2.24, 2.45) is 5.92 Å². The van der Waals surface area contributed by atoms with E-state index in [1.165, 1.54) is 24.9 Å². The van der Waals surface area contributed by atoms with Gasteiger partial charge in [-0.2, -0.15) is 0 Å². The summed E-state index contributed by atoms with van der Waals surface area (Å²) in [5, 5.41) is 3.42. The largest absolute Gasteiger partial charge is 0.461 e. The van der Waals surface area contributed by atoms with Crippen molar-refractivity contribution in [1.82, 2.24) is 15.2 Å². The monoisotopic (exact) mass is 349 g/mol. The molecule has 0 aromatic carbocycles. The van der Waals surface area contributed by atoms with Crippen LogP contribution in [0.1, 0.15) is 23.3 Å². The number of pyridine rings is 1. The van der Waals surface area contributed by atoms with Gasteiger partial charge in [0.05, 0.1) is 6.20 Å². The Kier molecular flexibility index (Phi) is 3.61. The Morgan fingerprint density at radius 1 is 1.42 bits per heavy atom. The average molecular weight is 349 g/mol. The van der Waals surface area contributed by atoms with Crippen LogP contribution in [0.25, 0.3) is 11.0 Å². The maximum absolute atomic E-state index is 12.5. The van der Waals surface area contributed by atoms with Crippen LogP contribution in [0, 0.1) is 5.92 Å². The Morgan fingerprint density at radius 2 is 2.25 bits per heavy atom. The summed E-state index contributed by atoms with van der Waals surface area (Å²) >= 11 is 0. The first-order valence-electron chi connectivity index (χ1n) is 8.00. The van der Waals surface area contributed by atoms with Gasteiger partial charge < -0.3 is 14.6 Å². The average Bonchev–Trinajstić information content (AvgIpc) is 3.09. The number of sulfone groups is 1. The third-order valence-electron chi connectivity index (χ3n) is 4.86. The zero-order valence-electron chi connectivity index (χ0n) is 13.4. The van der Waals surface area contributed by atoms with Crippen molar-refractivity contribution in [3.8, 4) is 0 Å². The summed E-state index contributed by atoms with van der Waals surface area (Å²) in [6, 6.07) is 1.61. The van der Waals surface area contributed by atoms with Gasteiger partial charge in [-0.25, -0.2) is 13.4 Å². The molecule has 4 heterocycles. The van der Waals surface area contributed by atoms with E-state index in [0.29, 0.717) is 16.9 Å². The molecular weight excluding hydrogens is 330 g/mol. The van der Waals surface area contributed by atoms with E-state index in [-0.39, 0.29) is 22.5 Å². The summed E-state index contributed by atoms with van der Waals surface area (Å²) in [5.74, 6) is 0.384. The van der Waals surface area contributed by atoms with E-state index in [1.54, 1.807) is 0 Å². The Bertz CT molecular complexity index is 893. The maximum Gasteiger partial charge on any atom is 0.270 e. The number of carbonyl (C=O) groups is 1. The molecule has 3 atom stereocenters. The lowest BCUT2D eigenvalue weighted by Crippen LogP contribution is -2.47. The van der Waals surface area contributed by atoms with Crippen LogP contribution in [0.15, 0.2) is 27.8 Å². The van der Waals surface area contributed by atoms with Gasteiger partial charge in [-0.3, -0.25) is 4.79 Å². The third kappa shape index (κ3) is 2.80. The number of nitrogens with zero attached hydrogens (tertiary/aromatic N) is 2. The van der Waals surface area contributed by atoms with E-state index in [4.69, 9.17) is 4.42 Å². The van der Waals surface area contributed by atoms with Crippen molar-refractivity contribution < 1.29 is 17.6 Å². The number of furan rings is 1. The molecule has 2 aromatic heterocycles. The predicted octanol–water partition coefficient (Wildman–Crippen LogP) is 1.06. The highest BCUT2D eigenvalue weighted by Gasteiger charge is 2.33. The van der Waals surface area contributed by atoms with Gasteiger partial charge >= 0.3 is 0 Å². The van der Waals surface area contributed by atoms with E-state index < -0.39 is 9.84 Å². The second-order valence-corrected chi connectivity index (χ2v) is 8.74. The Hall–Kier alpha value is -1.93. The molecule has 24 heavy (non-hydrogen) atoms. The topological polar surface area (TPSA) is 92.5 Å². The molecule has 8 heteroatoms.